The van der Waals surface area contributed by atoms with Gasteiger partial charge in [0.15, 0.2) is 0 Å². The number of hydrogen-bond acceptors (Lipinski definition) is 6. The Labute approximate surface area is 124 Å². The average molecular weight is 319 g/mol. The maximum Gasteiger partial charge on any atom is 0.240 e. The summed E-state index contributed by atoms with van der Waals surface area (Å²) >= 11 is 0. The molecule has 120 valence electrons. The molecule has 0 aliphatic carbocycles. The van der Waals surface area contributed by atoms with E-state index in [4.69, 9.17) is 19.3 Å². The minimum absolute atomic E-state index is 0.0912. The summed E-state index contributed by atoms with van der Waals surface area (Å²) in [4.78, 5) is 0.0937. The van der Waals surface area contributed by atoms with E-state index in [1.807, 2.05) is 0 Å². The first-order valence-corrected chi connectivity index (χ1v) is 7.85. The van der Waals surface area contributed by atoms with Gasteiger partial charge in [-0.1, -0.05) is 0 Å². The van der Waals surface area contributed by atoms with Crippen LogP contribution in [0, 0.1) is 0 Å². The Morgan fingerprint density at radius 2 is 1.81 bits per heavy atom. The van der Waals surface area contributed by atoms with Crippen LogP contribution in [-0.4, -0.2) is 60.2 Å². The molecular formula is C13H21NO6S. The quantitative estimate of drug-likeness (QED) is 0.590. The molecule has 0 aliphatic heterocycles. The summed E-state index contributed by atoms with van der Waals surface area (Å²) in [5, 5.41) is 9.09. The van der Waals surface area contributed by atoms with Gasteiger partial charge >= 0.3 is 0 Å². The number of rotatable bonds is 10. The van der Waals surface area contributed by atoms with Gasteiger partial charge in [-0.15, -0.1) is 0 Å². The summed E-state index contributed by atoms with van der Waals surface area (Å²) in [6.07, 6.45) is 0. The van der Waals surface area contributed by atoms with Crippen molar-refractivity contribution >= 4 is 10.0 Å². The number of aliphatic hydroxyl groups excluding tert-OH is 1. The molecular weight excluding hydrogens is 298 g/mol. The summed E-state index contributed by atoms with van der Waals surface area (Å²) < 4.78 is 41.6. The highest BCUT2D eigenvalue weighted by Gasteiger charge is 2.19. The Kier molecular flexibility index (Phi) is 7.62. The van der Waals surface area contributed by atoms with Crippen molar-refractivity contribution in [2.75, 3.05) is 40.6 Å². The second-order valence-electron chi connectivity index (χ2n) is 4.27. The van der Waals surface area contributed by atoms with Crippen molar-refractivity contribution in [1.82, 2.24) is 4.72 Å². The fourth-order valence-electron chi connectivity index (χ4n) is 1.57. The van der Waals surface area contributed by atoms with Gasteiger partial charge in [0, 0.05) is 14.2 Å². The third-order valence-corrected chi connectivity index (χ3v) is 4.14. The van der Waals surface area contributed by atoms with Gasteiger partial charge in [0.05, 0.1) is 30.8 Å². The molecule has 8 heteroatoms. The van der Waals surface area contributed by atoms with Gasteiger partial charge in [-0.3, -0.25) is 0 Å². The van der Waals surface area contributed by atoms with E-state index in [2.05, 4.69) is 4.72 Å². The van der Waals surface area contributed by atoms with E-state index in [-0.39, 0.29) is 18.1 Å². The van der Waals surface area contributed by atoms with Crippen molar-refractivity contribution < 1.29 is 27.7 Å². The lowest BCUT2D eigenvalue weighted by molar-refractivity contribution is 0.139. The normalized spacial score (nSPS) is 13.1. The molecule has 0 aromatic heterocycles. The molecule has 0 spiro atoms. The largest absolute Gasteiger partial charge is 0.491 e. The Balaban J connectivity index is 2.70. The second-order valence-corrected chi connectivity index (χ2v) is 5.98. The van der Waals surface area contributed by atoms with Crippen molar-refractivity contribution in [1.29, 1.82) is 0 Å². The maximum atomic E-state index is 12.1. The standard InChI is InChI=1S/C13H21NO6S/c1-18-7-8-20-12-3-5-13(6-4-12)21(16,17)14-11(9-15)10-19-2/h3-6,11,14-15H,7-10H2,1-2H3. The van der Waals surface area contributed by atoms with Crippen molar-refractivity contribution in [3.8, 4) is 5.75 Å². The van der Waals surface area contributed by atoms with Gasteiger partial charge in [-0.05, 0) is 24.3 Å². The lowest BCUT2D eigenvalue weighted by Gasteiger charge is -2.15. The number of hydrogen-bond donors (Lipinski definition) is 2. The highest BCUT2D eigenvalue weighted by Crippen LogP contribution is 2.16. The first-order chi connectivity index (χ1) is 10.0. The van der Waals surface area contributed by atoms with Crippen LogP contribution in [0.15, 0.2) is 29.2 Å². The number of aliphatic hydroxyl groups is 1. The molecule has 21 heavy (non-hydrogen) atoms. The lowest BCUT2D eigenvalue weighted by Crippen LogP contribution is -2.40. The van der Waals surface area contributed by atoms with E-state index in [1.165, 1.54) is 19.2 Å². The Morgan fingerprint density at radius 1 is 1.14 bits per heavy atom. The summed E-state index contributed by atoms with van der Waals surface area (Å²) in [6, 6.07) is 5.32. The van der Waals surface area contributed by atoms with E-state index < -0.39 is 16.1 Å². The third kappa shape index (κ3) is 5.98. The van der Waals surface area contributed by atoms with Crippen LogP contribution < -0.4 is 9.46 Å². The van der Waals surface area contributed by atoms with Gasteiger partial charge in [0.25, 0.3) is 0 Å². The summed E-state index contributed by atoms with van der Waals surface area (Å²) in [5.74, 6) is 0.557. The molecule has 2 N–H and O–H groups in total. The second kappa shape index (κ2) is 8.96. The zero-order chi connectivity index (χ0) is 15.7. The predicted octanol–water partition coefficient (Wildman–Crippen LogP) is -0.00260. The molecule has 1 aromatic rings. The van der Waals surface area contributed by atoms with Gasteiger partial charge in [0.2, 0.25) is 10.0 Å². The molecule has 0 saturated heterocycles. The zero-order valence-electron chi connectivity index (χ0n) is 12.1. The molecule has 0 bridgehead atoms. The Morgan fingerprint density at radius 3 is 2.33 bits per heavy atom. The lowest BCUT2D eigenvalue weighted by atomic mass is 10.3. The van der Waals surface area contributed by atoms with E-state index in [9.17, 15) is 8.42 Å². The molecule has 0 saturated carbocycles. The summed E-state index contributed by atoms with van der Waals surface area (Å²) in [6.45, 7) is 0.595. The van der Waals surface area contributed by atoms with Crippen LogP contribution >= 0.6 is 0 Å². The van der Waals surface area contributed by atoms with Crippen molar-refractivity contribution in [3.05, 3.63) is 24.3 Å². The van der Waals surface area contributed by atoms with Gasteiger partial charge in [0.1, 0.15) is 12.4 Å². The minimum Gasteiger partial charge on any atom is -0.491 e. The number of benzene rings is 1. The number of methoxy groups -OCH3 is 2. The van der Waals surface area contributed by atoms with E-state index in [0.717, 1.165) is 0 Å². The molecule has 0 aliphatic rings. The molecule has 0 heterocycles. The van der Waals surface area contributed by atoms with E-state index in [0.29, 0.717) is 19.0 Å². The number of ether oxygens (including phenoxy) is 3. The van der Waals surface area contributed by atoms with Crippen LogP contribution in [0.4, 0.5) is 0 Å². The van der Waals surface area contributed by atoms with Crippen LogP contribution in [0.1, 0.15) is 0 Å². The molecule has 1 atom stereocenters. The summed E-state index contributed by atoms with van der Waals surface area (Å²) in [7, 11) is -0.701. The van der Waals surface area contributed by atoms with Crippen molar-refractivity contribution in [2.24, 2.45) is 0 Å². The van der Waals surface area contributed by atoms with Crippen LogP contribution in [0.2, 0.25) is 0 Å². The Hall–Kier alpha value is -1.19. The summed E-state index contributed by atoms with van der Waals surface area (Å²) in [5.41, 5.74) is 0. The average Bonchev–Trinajstić information content (AvgIpc) is 2.47. The maximum absolute atomic E-state index is 12.1. The minimum atomic E-state index is -3.71. The SMILES string of the molecule is COCCOc1ccc(S(=O)(=O)NC(CO)COC)cc1. The topological polar surface area (TPSA) is 94.1 Å². The molecule has 7 nitrogen and oxygen atoms in total. The van der Waals surface area contributed by atoms with Gasteiger partial charge in [-0.25, -0.2) is 13.1 Å². The monoisotopic (exact) mass is 319 g/mol. The fraction of sp³-hybridized carbons (Fsp3) is 0.538. The molecule has 1 unspecified atom stereocenters. The van der Waals surface area contributed by atoms with Crippen molar-refractivity contribution in [3.63, 3.8) is 0 Å². The molecule has 0 amide bonds. The predicted molar refractivity (Wildman–Crippen MR) is 76.9 cm³/mol. The number of sulfonamides is 1. The highest BCUT2D eigenvalue weighted by atomic mass is 32.2. The Bertz CT molecular complexity index is 502. The van der Waals surface area contributed by atoms with E-state index >= 15 is 0 Å². The zero-order valence-corrected chi connectivity index (χ0v) is 12.9. The molecule has 0 radical (unpaired) electrons. The first-order valence-electron chi connectivity index (χ1n) is 6.37. The smallest absolute Gasteiger partial charge is 0.240 e. The van der Waals surface area contributed by atoms with Crippen molar-refractivity contribution in [2.45, 2.75) is 10.9 Å². The fourth-order valence-corrected chi connectivity index (χ4v) is 2.78. The van der Waals surface area contributed by atoms with Crippen LogP contribution in [0.3, 0.4) is 0 Å². The number of nitrogens with one attached hydrogen (secondary N) is 1. The molecule has 1 rings (SSSR count). The van der Waals surface area contributed by atoms with Gasteiger partial charge in [-0.2, -0.15) is 0 Å². The first kappa shape index (κ1) is 17.9. The third-order valence-electron chi connectivity index (χ3n) is 2.60. The molecule has 0 fully saturated rings. The van der Waals surface area contributed by atoms with Gasteiger partial charge < -0.3 is 19.3 Å². The van der Waals surface area contributed by atoms with Crippen LogP contribution in [0.5, 0.6) is 5.75 Å². The highest BCUT2D eigenvalue weighted by molar-refractivity contribution is 7.89. The van der Waals surface area contributed by atoms with Crippen LogP contribution in [0.25, 0.3) is 0 Å². The van der Waals surface area contributed by atoms with Crippen LogP contribution in [-0.2, 0) is 19.5 Å². The van der Waals surface area contributed by atoms with E-state index in [1.54, 1.807) is 19.2 Å². The molecule has 1 aromatic carbocycles.